The second-order valence-electron chi connectivity index (χ2n) is 5.20. The molecule has 0 atom stereocenters. The van der Waals surface area contributed by atoms with Gasteiger partial charge in [-0.25, -0.2) is 14.4 Å². The first-order valence-corrected chi connectivity index (χ1v) is 7.63. The maximum absolute atomic E-state index is 14.7. The molecule has 122 valence electrons. The first kappa shape index (κ1) is 15.0. The van der Waals surface area contributed by atoms with E-state index in [0.29, 0.717) is 10.3 Å². The number of aromatic amines is 1. The average molecular weight is 352 g/mol. The Labute approximate surface area is 136 Å². The minimum absolute atomic E-state index is 0.0982. The molecule has 0 saturated carbocycles. The van der Waals surface area contributed by atoms with E-state index in [0.717, 1.165) is 11.1 Å². The zero-order chi connectivity index (χ0) is 17.1. The Balaban J connectivity index is 2.06. The van der Waals surface area contributed by atoms with Gasteiger partial charge in [-0.15, -0.1) is 0 Å². The fraction of sp³-hybridized carbons (Fsp3) is 0.133. The zero-order valence-electron chi connectivity index (χ0n) is 12.1. The van der Waals surface area contributed by atoms with Crippen LogP contribution in [0.25, 0.3) is 32.5 Å². The molecule has 3 aromatic heterocycles. The summed E-state index contributed by atoms with van der Waals surface area (Å²) in [6.07, 6.45) is -3.53. The number of hydrogen-bond acceptors (Lipinski definition) is 4. The van der Waals surface area contributed by atoms with Crippen molar-refractivity contribution >= 4 is 32.6 Å². The van der Waals surface area contributed by atoms with E-state index in [2.05, 4.69) is 20.2 Å². The van der Waals surface area contributed by atoms with E-state index in [9.17, 15) is 17.6 Å². The number of fused-ring (bicyclic) bond motifs is 2. The van der Waals surface area contributed by atoms with Crippen molar-refractivity contribution in [1.29, 1.82) is 0 Å². The van der Waals surface area contributed by atoms with Crippen molar-refractivity contribution in [1.82, 2.24) is 20.2 Å². The molecule has 3 heterocycles. The maximum atomic E-state index is 14.7. The largest absolute Gasteiger partial charge is 0.419 e. The van der Waals surface area contributed by atoms with Crippen LogP contribution in [0, 0.1) is 12.7 Å². The second kappa shape index (κ2) is 4.97. The molecule has 0 aliphatic carbocycles. The number of alkyl halides is 3. The van der Waals surface area contributed by atoms with Gasteiger partial charge in [0.15, 0.2) is 0 Å². The van der Waals surface area contributed by atoms with E-state index >= 15 is 0 Å². The summed E-state index contributed by atoms with van der Waals surface area (Å²) < 4.78 is 54.0. The van der Waals surface area contributed by atoms with Crippen molar-refractivity contribution in [3.05, 3.63) is 40.8 Å². The lowest BCUT2D eigenvalue weighted by molar-refractivity contribution is -0.139. The smallest absolute Gasteiger partial charge is 0.278 e. The Hall–Kier alpha value is -2.55. The minimum Gasteiger partial charge on any atom is -0.278 e. The highest BCUT2D eigenvalue weighted by molar-refractivity contribution is 7.18. The van der Waals surface area contributed by atoms with Gasteiger partial charge < -0.3 is 0 Å². The van der Waals surface area contributed by atoms with E-state index < -0.39 is 17.6 Å². The number of aromatic nitrogens is 4. The quantitative estimate of drug-likeness (QED) is 0.505. The lowest BCUT2D eigenvalue weighted by Gasteiger charge is -2.12. The standard InChI is InChI=1S/C15H8F4N4S/c1-6-21-10-3-2-9(22-14(10)24-6)12-7-5-20-23-11(7)4-8(13(12)16)15(17,18)19/h2-5H,1H3,(H,20,23). The van der Waals surface area contributed by atoms with Gasteiger partial charge in [0.05, 0.1) is 28.0 Å². The summed E-state index contributed by atoms with van der Waals surface area (Å²) in [5.74, 6) is -1.36. The van der Waals surface area contributed by atoms with Gasteiger partial charge >= 0.3 is 6.18 Å². The van der Waals surface area contributed by atoms with Crippen molar-refractivity contribution in [3.8, 4) is 11.3 Å². The summed E-state index contributed by atoms with van der Waals surface area (Å²) >= 11 is 1.29. The maximum Gasteiger partial charge on any atom is 0.419 e. The topological polar surface area (TPSA) is 54.5 Å². The van der Waals surface area contributed by atoms with Crippen molar-refractivity contribution < 1.29 is 17.6 Å². The lowest BCUT2D eigenvalue weighted by atomic mass is 10.0. The molecule has 0 spiro atoms. The summed E-state index contributed by atoms with van der Waals surface area (Å²) in [7, 11) is 0. The molecule has 0 radical (unpaired) electrons. The highest BCUT2D eigenvalue weighted by Crippen LogP contribution is 2.39. The number of rotatable bonds is 1. The molecule has 4 aromatic rings. The molecule has 0 aliphatic rings. The van der Waals surface area contributed by atoms with Crippen molar-refractivity contribution in [3.63, 3.8) is 0 Å². The van der Waals surface area contributed by atoms with Crippen LogP contribution < -0.4 is 0 Å². The van der Waals surface area contributed by atoms with E-state index in [4.69, 9.17) is 0 Å². The summed E-state index contributed by atoms with van der Waals surface area (Å²) in [4.78, 5) is 9.07. The normalized spacial score (nSPS) is 12.4. The summed E-state index contributed by atoms with van der Waals surface area (Å²) in [6.45, 7) is 1.80. The Kier molecular flexibility index (Phi) is 3.11. The molecule has 0 bridgehead atoms. The monoisotopic (exact) mass is 352 g/mol. The van der Waals surface area contributed by atoms with E-state index in [1.807, 2.05) is 0 Å². The van der Waals surface area contributed by atoms with Gasteiger partial charge in [0.25, 0.3) is 0 Å². The number of aryl methyl sites for hydroxylation is 1. The predicted octanol–water partition coefficient (Wildman–Crippen LogP) is 4.70. The van der Waals surface area contributed by atoms with Gasteiger partial charge in [0.2, 0.25) is 0 Å². The summed E-state index contributed by atoms with van der Waals surface area (Å²) in [5, 5.41) is 7.19. The van der Waals surface area contributed by atoms with Gasteiger partial charge in [-0.2, -0.15) is 18.3 Å². The van der Waals surface area contributed by atoms with Crippen LogP contribution in [0.1, 0.15) is 10.6 Å². The summed E-state index contributed by atoms with van der Waals surface area (Å²) in [5.41, 5.74) is -0.738. The van der Waals surface area contributed by atoms with Crippen LogP contribution >= 0.6 is 11.3 Å². The Morgan fingerprint density at radius 1 is 1.17 bits per heavy atom. The van der Waals surface area contributed by atoms with Crippen molar-refractivity contribution in [2.45, 2.75) is 13.1 Å². The highest BCUT2D eigenvalue weighted by Gasteiger charge is 2.36. The van der Waals surface area contributed by atoms with Gasteiger partial charge in [-0.3, -0.25) is 5.10 Å². The third kappa shape index (κ3) is 2.23. The van der Waals surface area contributed by atoms with Crippen LogP contribution in [-0.2, 0) is 6.18 Å². The highest BCUT2D eigenvalue weighted by atomic mass is 32.1. The average Bonchev–Trinajstić information content (AvgIpc) is 3.09. The van der Waals surface area contributed by atoms with Crippen molar-refractivity contribution in [2.24, 2.45) is 0 Å². The number of hydrogen-bond donors (Lipinski definition) is 1. The van der Waals surface area contributed by atoms with Crippen molar-refractivity contribution in [2.75, 3.05) is 0 Å². The molecule has 4 rings (SSSR count). The lowest BCUT2D eigenvalue weighted by Crippen LogP contribution is -2.09. The van der Waals surface area contributed by atoms with Crippen LogP contribution in [0.2, 0.25) is 0 Å². The number of nitrogens with one attached hydrogen (secondary N) is 1. The number of halogens is 4. The van der Waals surface area contributed by atoms with Crippen LogP contribution in [0.4, 0.5) is 17.6 Å². The molecule has 9 heteroatoms. The van der Waals surface area contributed by atoms with Gasteiger partial charge in [-0.1, -0.05) is 11.3 Å². The van der Waals surface area contributed by atoms with Gasteiger partial charge in [0, 0.05) is 10.9 Å². The molecular formula is C15H8F4N4S. The number of thiazole rings is 1. The molecule has 1 aromatic carbocycles. The van der Waals surface area contributed by atoms with Gasteiger partial charge in [0.1, 0.15) is 16.2 Å². The molecule has 0 saturated heterocycles. The van der Waals surface area contributed by atoms with E-state index in [1.54, 1.807) is 13.0 Å². The third-order valence-corrected chi connectivity index (χ3v) is 4.49. The third-order valence-electron chi connectivity index (χ3n) is 3.61. The van der Waals surface area contributed by atoms with E-state index in [1.165, 1.54) is 23.6 Å². The van der Waals surface area contributed by atoms with Crippen LogP contribution in [0.15, 0.2) is 24.4 Å². The molecule has 1 N–H and O–H groups in total. The molecule has 0 aliphatic heterocycles. The predicted molar refractivity (Wildman–Crippen MR) is 82.2 cm³/mol. The molecule has 0 amide bonds. The SMILES string of the molecule is Cc1nc2ccc(-c3c(F)c(C(F)(F)F)cc4[nH]ncc34)nc2s1. The first-order valence-electron chi connectivity index (χ1n) is 6.82. The Morgan fingerprint density at radius 3 is 2.71 bits per heavy atom. The molecule has 0 unspecified atom stereocenters. The number of benzene rings is 1. The molecule has 0 fully saturated rings. The number of H-pyrrole nitrogens is 1. The minimum atomic E-state index is -4.82. The second-order valence-corrected chi connectivity index (χ2v) is 6.38. The number of pyridine rings is 1. The fourth-order valence-corrected chi connectivity index (χ4v) is 3.37. The molecule has 4 nitrogen and oxygen atoms in total. The van der Waals surface area contributed by atoms with Crippen LogP contribution in [0.5, 0.6) is 0 Å². The van der Waals surface area contributed by atoms with Gasteiger partial charge in [-0.05, 0) is 25.1 Å². The van der Waals surface area contributed by atoms with Crippen LogP contribution in [-0.4, -0.2) is 20.2 Å². The Morgan fingerprint density at radius 2 is 1.96 bits per heavy atom. The summed E-state index contributed by atoms with van der Waals surface area (Å²) in [6, 6.07) is 3.80. The number of nitrogens with zero attached hydrogens (tertiary/aromatic N) is 3. The first-order chi connectivity index (χ1) is 11.3. The fourth-order valence-electron chi connectivity index (χ4n) is 2.59. The molecule has 24 heavy (non-hydrogen) atoms. The molecular weight excluding hydrogens is 344 g/mol. The Bertz CT molecular complexity index is 1080. The van der Waals surface area contributed by atoms with Crippen LogP contribution in [0.3, 0.4) is 0 Å². The van der Waals surface area contributed by atoms with E-state index in [-0.39, 0.29) is 22.2 Å². The zero-order valence-corrected chi connectivity index (χ0v) is 12.9.